The molecule has 0 radical (unpaired) electrons. The molecular weight excluding hydrogens is 336 g/mol. The normalized spacial score (nSPS) is 19.4. The van der Waals surface area contributed by atoms with Crippen molar-refractivity contribution in [3.05, 3.63) is 60.2 Å². The minimum Gasteiger partial charge on any atom is -0.386 e. The van der Waals surface area contributed by atoms with Crippen molar-refractivity contribution >= 4 is 17.3 Å². The van der Waals surface area contributed by atoms with E-state index >= 15 is 0 Å². The largest absolute Gasteiger partial charge is 0.386 e. The van der Waals surface area contributed by atoms with E-state index < -0.39 is 0 Å². The van der Waals surface area contributed by atoms with E-state index in [1.54, 1.807) is 0 Å². The van der Waals surface area contributed by atoms with Gasteiger partial charge in [0.15, 0.2) is 0 Å². The zero-order valence-corrected chi connectivity index (χ0v) is 15.9. The first kappa shape index (κ1) is 18.0. The van der Waals surface area contributed by atoms with Gasteiger partial charge in [-0.15, -0.1) is 0 Å². The Labute approximate surface area is 161 Å². The second kappa shape index (κ2) is 7.71. The van der Waals surface area contributed by atoms with Crippen molar-refractivity contribution in [2.75, 3.05) is 43.9 Å². The molecule has 1 saturated heterocycles. The SMILES string of the molecule is CNc1ccccc1NC(=O)C1(N2CCN(Cc3ccccc3)CC2)CC1. The van der Waals surface area contributed by atoms with Gasteiger partial charge < -0.3 is 10.6 Å². The molecule has 1 saturated carbocycles. The lowest BCUT2D eigenvalue weighted by molar-refractivity contribution is -0.123. The number of carbonyl (C=O) groups is 1. The molecule has 142 valence electrons. The van der Waals surface area contributed by atoms with Gasteiger partial charge in [-0.05, 0) is 30.5 Å². The summed E-state index contributed by atoms with van der Waals surface area (Å²) in [5, 5.41) is 6.30. The molecule has 1 amide bonds. The fraction of sp³-hybridized carbons (Fsp3) is 0.409. The maximum absolute atomic E-state index is 13.0. The van der Waals surface area contributed by atoms with E-state index in [0.29, 0.717) is 0 Å². The average molecular weight is 364 g/mol. The molecule has 0 unspecified atom stereocenters. The van der Waals surface area contributed by atoms with Crippen LogP contribution in [0, 0.1) is 0 Å². The van der Waals surface area contributed by atoms with E-state index in [1.165, 1.54) is 5.56 Å². The molecule has 27 heavy (non-hydrogen) atoms. The van der Waals surface area contributed by atoms with Crippen molar-refractivity contribution in [3.8, 4) is 0 Å². The average Bonchev–Trinajstić information content (AvgIpc) is 3.52. The summed E-state index contributed by atoms with van der Waals surface area (Å²) in [6.07, 6.45) is 1.92. The van der Waals surface area contributed by atoms with Gasteiger partial charge in [0.05, 0.1) is 11.4 Å². The number of anilines is 2. The topological polar surface area (TPSA) is 47.6 Å². The van der Waals surface area contributed by atoms with Crippen LogP contribution in [-0.4, -0.2) is 54.5 Å². The number of hydrogen-bond acceptors (Lipinski definition) is 4. The van der Waals surface area contributed by atoms with Crippen LogP contribution < -0.4 is 10.6 Å². The fourth-order valence-electron chi connectivity index (χ4n) is 4.03. The molecule has 1 aliphatic carbocycles. The van der Waals surface area contributed by atoms with Gasteiger partial charge in [-0.3, -0.25) is 14.6 Å². The van der Waals surface area contributed by atoms with Crippen LogP contribution in [0.2, 0.25) is 0 Å². The van der Waals surface area contributed by atoms with Crippen molar-refractivity contribution in [3.63, 3.8) is 0 Å². The lowest BCUT2D eigenvalue weighted by Crippen LogP contribution is -2.55. The number of rotatable bonds is 6. The van der Waals surface area contributed by atoms with Crippen LogP contribution in [0.4, 0.5) is 11.4 Å². The minimum absolute atomic E-state index is 0.140. The van der Waals surface area contributed by atoms with E-state index in [2.05, 4.69) is 50.8 Å². The van der Waals surface area contributed by atoms with E-state index in [9.17, 15) is 4.79 Å². The van der Waals surface area contributed by atoms with Gasteiger partial charge >= 0.3 is 0 Å². The lowest BCUT2D eigenvalue weighted by atomic mass is 10.1. The van der Waals surface area contributed by atoms with Crippen molar-refractivity contribution in [2.24, 2.45) is 0 Å². The van der Waals surface area contributed by atoms with E-state index in [0.717, 1.165) is 56.9 Å². The third-order valence-electron chi connectivity index (χ3n) is 5.82. The molecule has 0 atom stereocenters. The predicted octanol–water partition coefficient (Wildman–Crippen LogP) is 3.02. The van der Waals surface area contributed by atoms with Gasteiger partial charge in [0.1, 0.15) is 5.54 Å². The van der Waals surface area contributed by atoms with Gasteiger partial charge in [0.2, 0.25) is 5.91 Å². The third kappa shape index (κ3) is 3.84. The second-order valence-corrected chi connectivity index (χ2v) is 7.53. The summed E-state index contributed by atoms with van der Waals surface area (Å²) in [7, 11) is 1.88. The Morgan fingerprint density at radius 1 is 0.926 bits per heavy atom. The van der Waals surface area contributed by atoms with E-state index in [1.807, 2.05) is 31.3 Å². The molecule has 1 aliphatic heterocycles. The first-order chi connectivity index (χ1) is 13.2. The van der Waals surface area contributed by atoms with Crippen molar-refractivity contribution in [1.82, 2.24) is 9.80 Å². The highest BCUT2D eigenvalue weighted by Crippen LogP contribution is 2.43. The van der Waals surface area contributed by atoms with Crippen LogP contribution in [0.15, 0.2) is 54.6 Å². The Kier molecular flexibility index (Phi) is 5.14. The zero-order chi connectivity index (χ0) is 18.7. The summed E-state index contributed by atoms with van der Waals surface area (Å²) >= 11 is 0. The molecule has 0 spiro atoms. The second-order valence-electron chi connectivity index (χ2n) is 7.53. The number of piperazine rings is 1. The number of benzene rings is 2. The summed E-state index contributed by atoms with van der Waals surface area (Å²) < 4.78 is 0. The van der Waals surface area contributed by atoms with Crippen LogP contribution >= 0.6 is 0 Å². The maximum atomic E-state index is 13.0. The lowest BCUT2D eigenvalue weighted by Gasteiger charge is -2.39. The Morgan fingerprint density at radius 3 is 2.19 bits per heavy atom. The molecule has 2 fully saturated rings. The van der Waals surface area contributed by atoms with Gasteiger partial charge in [-0.2, -0.15) is 0 Å². The number of para-hydroxylation sites is 2. The molecule has 2 aromatic rings. The molecule has 4 rings (SSSR count). The van der Waals surface area contributed by atoms with Gasteiger partial charge in [0, 0.05) is 39.8 Å². The van der Waals surface area contributed by atoms with Crippen LogP contribution in [0.1, 0.15) is 18.4 Å². The van der Waals surface area contributed by atoms with Crippen LogP contribution in [0.3, 0.4) is 0 Å². The zero-order valence-electron chi connectivity index (χ0n) is 15.9. The molecule has 2 aromatic carbocycles. The van der Waals surface area contributed by atoms with E-state index in [4.69, 9.17) is 0 Å². The van der Waals surface area contributed by atoms with Crippen LogP contribution in [0.25, 0.3) is 0 Å². The smallest absolute Gasteiger partial charge is 0.244 e. The van der Waals surface area contributed by atoms with Gasteiger partial charge in [-0.1, -0.05) is 42.5 Å². The quantitative estimate of drug-likeness (QED) is 0.827. The number of nitrogens with zero attached hydrogens (tertiary/aromatic N) is 2. The summed E-state index contributed by atoms with van der Waals surface area (Å²) in [5.74, 6) is 0.140. The van der Waals surface area contributed by atoms with Crippen molar-refractivity contribution in [1.29, 1.82) is 0 Å². The highest BCUT2D eigenvalue weighted by Gasteiger charge is 2.54. The number of amides is 1. The number of hydrogen-bond donors (Lipinski definition) is 2. The van der Waals surface area contributed by atoms with Crippen molar-refractivity contribution in [2.45, 2.75) is 24.9 Å². The Morgan fingerprint density at radius 2 is 1.56 bits per heavy atom. The number of nitrogens with one attached hydrogen (secondary N) is 2. The molecule has 2 aliphatic rings. The fourth-order valence-corrected chi connectivity index (χ4v) is 4.03. The molecule has 0 aromatic heterocycles. The first-order valence-corrected chi connectivity index (χ1v) is 9.81. The minimum atomic E-state index is -0.306. The molecule has 5 nitrogen and oxygen atoms in total. The molecule has 1 heterocycles. The van der Waals surface area contributed by atoms with Crippen molar-refractivity contribution < 1.29 is 4.79 Å². The number of carbonyl (C=O) groups excluding carboxylic acids is 1. The molecule has 2 N–H and O–H groups in total. The molecule has 5 heteroatoms. The van der Waals surface area contributed by atoms with Gasteiger partial charge in [-0.25, -0.2) is 0 Å². The summed E-state index contributed by atoms with van der Waals surface area (Å²) in [4.78, 5) is 17.9. The third-order valence-corrected chi connectivity index (χ3v) is 5.82. The standard InChI is InChI=1S/C22H28N4O/c1-23-19-9-5-6-10-20(19)24-21(27)22(11-12-22)26-15-13-25(14-16-26)17-18-7-3-2-4-8-18/h2-10,23H,11-17H2,1H3,(H,24,27). The Bertz CT molecular complexity index is 780. The summed E-state index contributed by atoms with van der Waals surface area (Å²) in [6.45, 7) is 4.92. The predicted molar refractivity (Wildman–Crippen MR) is 110 cm³/mol. The molecular formula is C22H28N4O. The highest BCUT2D eigenvalue weighted by atomic mass is 16.2. The van der Waals surface area contributed by atoms with Gasteiger partial charge in [0.25, 0.3) is 0 Å². The highest BCUT2D eigenvalue weighted by molar-refractivity contribution is 6.02. The summed E-state index contributed by atoms with van der Waals surface area (Å²) in [5.41, 5.74) is 2.86. The van der Waals surface area contributed by atoms with E-state index in [-0.39, 0.29) is 11.4 Å². The Hall–Kier alpha value is -2.37. The van der Waals surface area contributed by atoms with Crippen LogP contribution in [-0.2, 0) is 11.3 Å². The monoisotopic (exact) mass is 364 g/mol. The Balaban J connectivity index is 1.35. The maximum Gasteiger partial charge on any atom is 0.244 e. The van der Waals surface area contributed by atoms with Crippen LogP contribution in [0.5, 0.6) is 0 Å². The molecule has 0 bridgehead atoms. The first-order valence-electron chi connectivity index (χ1n) is 9.81. The summed E-state index contributed by atoms with van der Waals surface area (Å²) in [6, 6.07) is 18.5.